The molecule has 3 amide bonds. The fourth-order valence-electron chi connectivity index (χ4n) is 1.68. The van der Waals surface area contributed by atoms with E-state index in [2.05, 4.69) is 10.6 Å². The Morgan fingerprint density at radius 3 is 2.85 bits per heavy atom. The number of anilines is 1. The molecular weight excluding hydrogens is 286 g/mol. The molecule has 1 aliphatic heterocycles. The van der Waals surface area contributed by atoms with E-state index >= 15 is 0 Å². The maximum Gasteiger partial charge on any atom is 0.278 e. The normalized spacial score (nSPS) is 20.4. The SMILES string of the molecule is CC1(C(=O)NCC(N)=O)Oc2ccc(Cl)cc2NC1=O. The van der Waals surface area contributed by atoms with Gasteiger partial charge in [-0.2, -0.15) is 0 Å². The summed E-state index contributed by atoms with van der Waals surface area (Å²) in [6.07, 6.45) is 0. The van der Waals surface area contributed by atoms with E-state index in [0.717, 1.165) is 0 Å². The van der Waals surface area contributed by atoms with E-state index < -0.39 is 23.3 Å². The Morgan fingerprint density at radius 1 is 1.50 bits per heavy atom. The molecule has 1 aromatic rings. The van der Waals surface area contributed by atoms with Crippen LogP contribution in [0.3, 0.4) is 0 Å². The van der Waals surface area contributed by atoms with Crippen molar-refractivity contribution in [1.29, 1.82) is 0 Å². The maximum atomic E-state index is 12.0. The minimum Gasteiger partial charge on any atom is -0.466 e. The van der Waals surface area contributed by atoms with Gasteiger partial charge in [-0.15, -0.1) is 0 Å². The number of rotatable bonds is 3. The number of hydrogen-bond donors (Lipinski definition) is 3. The predicted molar refractivity (Wildman–Crippen MR) is 71.3 cm³/mol. The van der Waals surface area contributed by atoms with Gasteiger partial charge in [-0.1, -0.05) is 11.6 Å². The highest BCUT2D eigenvalue weighted by molar-refractivity contribution is 6.31. The number of primary amides is 1. The average molecular weight is 298 g/mol. The predicted octanol–water partition coefficient (Wildman–Crippen LogP) is 0.0311. The van der Waals surface area contributed by atoms with E-state index in [1.165, 1.54) is 19.1 Å². The average Bonchev–Trinajstić information content (AvgIpc) is 2.37. The number of amides is 3. The van der Waals surface area contributed by atoms with E-state index in [-0.39, 0.29) is 6.54 Å². The number of carbonyl (C=O) groups excluding carboxylic acids is 3. The molecule has 1 unspecified atom stereocenters. The monoisotopic (exact) mass is 297 g/mol. The highest BCUT2D eigenvalue weighted by atomic mass is 35.5. The summed E-state index contributed by atoms with van der Waals surface area (Å²) < 4.78 is 5.45. The molecule has 0 bridgehead atoms. The standard InChI is InChI=1S/C12H12ClN3O4/c1-12(10(18)15-5-9(14)17)11(19)16-7-4-6(13)2-3-8(7)20-12/h2-4H,5H2,1H3,(H2,14,17)(H,15,18)(H,16,19). The maximum absolute atomic E-state index is 12.0. The molecule has 1 atom stereocenters. The van der Waals surface area contributed by atoms with Crippen LogP contribution < -0.4 is 21.1 Å². The van der Waals surface area contributed by atoms with Gasteiger partial charge in [-0.3, -0.25) is 14.4 Å². The van der Waals surface area contributed by atoms with Gasteiger partial charge in [0.2, 0.25) is 5.91 Å². The van der Waals surface area contributed by atoms with Gasteiger partial charge in [0.05, 0.1) is 12.2 Å². The van der Waals surface area contributed by atoms with Gasteiger partial charge in [0.1, 0.15) is 5.75 Å². The van der Waals surface area contributed by atoms with E-state index in [1.807, 2.05) is 0 Å². The van der Waals surface area contributed by atoms with Crippen molar-refractivity contribution in [2.24, 2.45) is 5.73 Å². The van der Waals surface area contributed by atoms with Crippen LogP contribution in [0.25, 0.3) is 0 Å². The molecule has 20 heavy (non-hydrogen) atoms. The number of benzene rings is 1. The smallest absolute Gasteiger partial charge is 0.278 e. The minimum absolute atomic E-state index is 0.311. The molecule has 2 rings (SSSR count). The first-order valence-corrected chi connectivity index (χ1v) is 6.07. The second-order valence-corrected chi connectivity index (χ2v) is 4.82. The third-order valence-corrected chi connectivity index (χ3v) is 3.03. The van der Waals surface area contributed by atoms with Gasteiger partial charge < -0.3 is 21.1 Å². The minimum atomic E-state index is -1.78. The molecule has 106 valence electrons. The third-order valence-electron chi connectivity index (χ3n) is 2.79. The van der Waals surface area contributed by atoms with E-state index in [4.69, 9.17) is 22.1 Å². The lowest BCUT2D eigenvalue weighted by Gasteiger charge is -2.33. The zero-order chi connectivity index (χ0) is 14.9. The Balaban J connectivity index is 2.25. The van der Waals surface area contributed by atoms with E-state index in [1.54, 1.807) is 6.07 Å². The van der Waals surface area contributed by atoms with Gasteiger partial charge in [0.15, 0.2) is 0 Å². The lowest BCUT2D eigenvalue weighted by atomic mass is 10.0. The zero-order valence-corrected chi connectivity index (χ0v) is 11.3. The van der Waals surface area contributed by atoms with Gasteiger partial charge in [-0.05, 0) is 25.1 Å². The quantitative estimate of drug-likeness (QED) is 0.684. The lowest BCUT2D eigenvalue weighted by Crippen LogP contribution is -2.59. The third kappa shape index (κ3) is 2.53. The number of nitrogens with two attached hydrogens (primary N) is 1. The number of fused-ring (bicyclic) bond motifs is 1. The van der Waals surface area contributed by atoms with Crippen LogP contribution in [0.2, 0.25) is 5.02 Å². The first-order valence-electron chi connectivity index (χ1n) is 5.69. The summed E-state index contributed by atoms with van der Waals surface area (Å²) in [4.78, 5) is 34.7. The summed E-state index contributed by atoms with van der Waals surface area (Å²) in [6, 6.07) is 4.62. The van der Waals surface area contributed by atoms with Crippen molar-refractivity contribution in [3.63, 3.8) is 0 Å². The Labute approximate surface area is 119 Å². The second-order valence-electron chi connectivity index (χ2n) is 4.38. The molecule has 0 spiro atoms. The van der Waals surface area contributed by atoms with Crippen molar-refractivity contribution in [1.82, 2.24) is 5.32 Å². The molecule has 0 aromatic heterocycles. The van der Waals surface area contributed by atoms with E-state index in [9.17, 15) is 14.4 Å². The van der Waals surface area contributed by atoms with Gasteiger partial charge >= 0.3 is 0 Å². The summed E-state index contributed by atoms with van der Waals surface area (Å²) in [5, 5.41) is 5.20. The van der Waals surface area contributed by atoms with Crippen LogP contribution in [0, 0.1) is 0 Å². The molecule has 7 nitrogen and oxygen atoms in total. The molecule has 4 N–H and O–H groups in total. The van der Waals surface area contributed by atoms with Crippen LogP contribution in [0.4, 0.5) is 5.69 Å². The highest BCUT2D eigenvalue weighted by Crippen LogP contribution is 2.35. The number of carbonyl (C=O) groups is 3. The molecular formula is C12H12ClN3O4. The van der Waals surface area contributed by atoms with Crippen LogP contribution in [-0.4, -0.2) is 29.9 Å². The molecule has 0 aliphatic carbocycles. The zero-order valence-electron chi connectivity index (χ0n) is 10.5. The summed E-state index contributed by atoms with van der Waals surface area (Å²) in [5.74, 6) is -1.82. The molecule has 0 radical (unpaired) electrons. The molecule has 0 fully saturated rings. The second kappa shape index (κ2) is 5.01. The highest BCUT2D eigenvalue weighted by Gasteiger charge is 2.47. The number of hydrogen-bond acceptors (Lipinski definition) is 4. The number of ether oxygens (including phenoxy) is 1. The fraction of sp³-hybridized carbons (Fsp3) is 0.250. The van der Waals surface area contributed by atoms with Crippen LogP contribution >= 0.6 is 11.6 Å². The first kappa shape index (κ1) is 14.1. The molecule has 8 heteroatoms. The van der Waals surface area contributed by atoms with Crippen molar-refractivity contribution < 1.29 is 19.1 Å². The van der Waals surface area contributed by atoms with Crippen LogP contribution in [0.15, 0.2) is 18.2 Å². The number of halogens is 1. The van der Waals surface area contributed by atoms with Gasteiger partial charge in [-0.25, -0.2) is 0 Å². The largest absolute Gasteiger partial charge is 0.466 e. The van der Waals surface area contributed by atoms with Crippen molar-refractivity contribution in [3.05, 3.63) is 23.2 Å². The van der Waals surface area contributed by atoms with Gasteiger partial charge in [0, 0.05) is 5.02 Å². The first-order chi connectivity index (χ1) is 9.33. The molecule has 1 aromatic carbocycles. The Hall–Kier alpha value is -2.28. The Bertz CT molecular complexity index is 604. The molecule has 1 aliphatic rings. The fourth-order valence-corrected chi connectivity index (χ4v) is 1.85. The van der Waals surface area contributed by atoms with Crippen molar-refractivity contribution in [3.8, 4) is 5.75 Å². The van der Waals surface area contributed by atoms with E-state index in [0.29, 0.717) is 16.5 Å². The van der Waals surface area contributed by atoms with Crippen molar-refractivity contribution in [2.45, 2.75) is 12.5 Å². The number of nitrogens with one attached hydrogen (secondary N) is 2. The topological polar surface area (TPSA) is 111 Å². The lowest BCUT2D eigenvalue weighted by molar-refractivity contribution is -0.147. The summed E-state index contributed by atoms with van der Waals surface area (Å²) in [5.41, 5.74) is 3.53. The molecule has 0 saturated carbocycles. The van der Waals surface area contributed by atoms with Crippen molar-refractivity contribution in [2.75, 3.05) is 11.9 Å². The van der Waals surface area contributed by atoms with Crippen LogP contribution in [0.1, 0.15) is 6.92 Å². The Kier molecular flexibility index (Phi) is 3.54. The van der Waals surface area contributed by atoms with Crippen LogP contribution in [-0.2, 0) is 14.4 Å². The summed E-state index contributed by atoms with van der Waals surface area (Å²) in [6.45, 7) is 0.925. The Morgan fingerprint density at radius 2 is 2.20 bits per heavy atom. The summed E-state index contributed by atoms with van der Waals surface area (Å²) >= 11 is 5.81. The van der Waals surface area contributed by atoms with Gasteiger partial charge in [0.25, 0.3) is 17.4 Å². The van der Waals surface area contributed by atoms with Crippen LogP contribution in [0.5, 0.6) is 5.75 Å². The molecule has 1 heterocycles. The van der Waals surface area contributed by atoms with Crippen molar-refractivity contribution >= 4 is 35.0 Å². The molecule has 0 saturated heterocycles. The summed E-state index contributed by atoms with van der Waals surface area (Å²) in [7, 11) is 0.